The Bertz CT molecular complexity index is 1040. The first kappa shape index (κ1) is 22.3. The van der Waals surface area contributed by atoms with Crippen LogP contribution in [-0.2, 0) is 23.2 Å². The van der Waals surface area contributed by atoms with Crippen molar-refractivity contribution in [2.45, 2.75) is 45.6 Å². The third-order valence-electron chi connectivity index (χ3n) is 5.08. The van der Waals surface area contributed by atoms with Crippen molar-refractivity contribution in [2.75, 3.05) is 7.11 Å². The van der Waals surface area contributed by atoms with Gasteiger partial charge in [-0.15, -0.1) is 0 Å². The molecule has 0 aliphatic rings. The number of pyridine rings is 1. The van der Waals surface area contributed by atoms with Crippen molar-refractivity contribution in [1.82, 2.24) is 4.98 Å². The molecule has 0 spiro atoms. The molecular formula is C26H29NO4. The van der Waals surface area contributed by atoms with Gasteiger partial charge < -0.3 is 14.6 Å². The van der Waals surface area contributed by atoms with E-state index in [0.717, 1.165) is 28.0 Å². The van der Waals surface area contributed by atoms with Gasteiger partial charge in [-0.3, -0.25) is 4.79 Å². The van der Waals surface area contributed by atoms with Gasteiger partial charge in [0.1, 0.15) is 12.4 Å². The molecule has 5 nitrogen and oxygen atoms in total. The average molecular weight is 420 g/mol. The second-order valence-electron chi connectivity index (χ2n) is 8.55. The fourth-order valence-corrected chi connectivity index (χ4v) is 3.42. The smallest absolute Gasteiger partial charge is 0.303 e. The van der Waals surface area contributed by atoms with E-state index >= 15 is 0 Å². The number of aliphatic carboxylic acids is 1. The number of ether oxygens (including phenoxy) is 2. The number of carboxylic acid groups (broad SMARTS) is 1. The van der Waals surface area contributed by atoms with Gasteiger partial charge in [0, 0.05) is 24.2 Å². The molecule has 5 heteroatoms. The number of benzene rings is 2. The van der Waals surface area contributed by atoms with Crippen molar-refractivity contribution < 1.29 is 19.4 Å². The molecule has 0 saturated heterocycles. The minimum Gasteiger partial charge on any atom is -0.489 e. The first-order chi connectivity index (χ1) is 14.8. The highest BCUT2D eigenvalue weighted by Crippen LogP contribution is 2.34. The molecule has 2 aromatic carbocycles. The monoisotopic (exact) mass is 419 g/mol. The minimum atomic E-state index is -0.798. The molecule has 1 N–H and O–H groups in total. The van der Waals surface area contributed by atoms with E-state index in [2.05, 4.69) is 44.0 Å². The molecular weight excluding hydrogens is 390 g/mol. The number of aryl methyl sites for hydroxylation is 1. The van der Waals surface area contributed by atoms with Crippen molar-refractivity contribution in [3.05, 3.63) is 77.5 Å². The molecule has 0 amide bonds. The van der Waals surface area contributed by atoms with Gasteiger partial charge in [-0.1, -0.05) is 51.1 Å². The molecule has 0 atom stereocenters. The number of hydrogen-bond donors (Lipinski definition) is 1. The lowest BCUT2D eigenvalue weighted by atomic mass is 9.81. The maximum atomic E-state index is 10.8. The summed E-state index contributed by atoms with van der Waals surface area (Å²) in [6, 6.07) is 17.9. The lowest BCUT2D eigenvalue weighted by molar-refractivity contribution is -0.136. The zero-order chi connectivity index (χ0) is 22.4. The predicted molar refractivity (Wildman–Crippen MR) is 122 cm³/mol. The number of aromatic nitrogens is 1. The van der Waals surface area contributed by atoms with E-state index in [1.54, 1.807) is 7.11 Å². The van der Waals surface area contributed by atoms with E-state index in [-0.39, 0.29) is 11.8 Å². The van der Waals surface area contributed by atoms with Gasteiger partial charge in [-0.2, -0.15) is 0 Å². The highest BCUT2D eigenvalue weighted by atomic mass is 16.5. The van der Waals surface area contributed by atoms with E-state index in [1.807, 2.05) is 42.6 Å². The molecule has 0 saturated carbocycles. The zero-order valence-corrected chi connectivity index (χ0v) is 18.5. The van der Waals surface area contributed by atoms with Gasteiger partial charge in [0.25, 0.3) is 0 Å². The van der Waals surface area contributed by atoms with Crippen molar-refractivity contribution >= 4 is 5.97 Å². The van der Waals surface area contributed by atoms with Crippen LogP contribution in [0.5, 0.6) is 11.6 Å². The maximum Gasteiger partial charge on any atom is 0.303 e. The number of hydrogen-bond acceptors (Lipinski definition) is 4. The second kappa shape index (κ2) is 9.65. The molecule has 0 aliphatic heterocycles. The molecule has 3 rings (SSSR count). The molecule has 31 heavy (non-hydrogen) atoms. The summed E-state index contributed by atoms with van der Waals surface area (Å²) in [5.41, 5.74) is 5.38. The number of methoxy groups -OCH3 is 1. The van der Waals surface area contributed by atoms with Crippen molar-refractivity contribution in [3.63, 3.8) is 0 Å². The first-order valence-corrected chi connectivity index (χ1v) is 10.3. The Kier molecular flexibility index (Phi) is 6.95. The molecule has 0 aliphatic carbocycles. The molecule has 0 radical (unpaired) electrons. The summed E-state index contributed by atoms with van der Waals surface area (Å²) in [5, 5.41) is 8.88. The summed E-state index contributed by atoms with van der Waals surface area (Å²) in [7, 11) is 1.61. The summed E-state index contributed by atoms with van der Waals surface area (Å²) in [5.74, 6) is 0.536. The van der Waals surface area contributed by atoms with Gasteiger partial charge in [0.15, 0.2) is 0 Å². The van der Waals surface area contributed by atoms with E-state index in [1.165, 1.54) is 5.56 Å². The lowest BCUT2D eigenvalue weighted by Crippen LogP contribution is -2.14. The largest absolute Gasteiger partial charge is 0.489 e. The van der Waals surface area contributed by atoms with Crippen molar-refractivity contribution in [3.8, 4) is 22.8 Å². The zero-order valence-electron chi connectivity index (χ0n) is 18.5. The summed E-state index contributed by atoms with van der Waals surface area (Å²) in [4.78, 5) is 15.1. The summed E-state index contributed by atoms with van der Waals surface area (Å²) in [6.07, 6.45) is 2.44. The van der Waals surface area contributed by atoms with Gasteiger partial charge in [-0.25, -0.2) is 4.98 Å². The predicted octanol–water partition coefficient (Wildman–Crippen LogP) is 5.65. The van der Waals surface area contributed by atoms with Crippen molar-refractivity contribution in [2.24, 2.45) is 0 Å². The third kappa shape index (κ3) is 6.07. The molecule has 162 valence electrons. The molecule has 0 unspecified atom stereocenters. The third-order valence-corrected chi connectivity index (χ3v) is 5.08. The minimum absolute atomic E-state index is 0.0536. The molecule has 0 bridgehead atoms. The fraction of sp³-hybridized carbons (Fsp3) is 0.308. The highest BCUT2D eigenvalue weighted by molar-refractivity contribution is 5.69. The normalized spacial score (nSPS) is 11.2. The summed E-state index contributed by atoms with van der Waals surface area (Å²) >= 11 is 0. The van der Waals surface area contributed by atoms with Gasteiger partial charge in [0.05, 0.1) is 7.11 Å². The van der Waals surface area contributed by atoms with Crippen LogP contribution >= 0.6 is 0 Å². The Morgan fingerprint density at radius 1 is 1.03 bits per heavy atom. The van der Waals surface area contributed by atoms with Crippen LogP contribution in [0.1, 0.15) is 43.9 Å². The van der Waals surface area contributed by atoms with Crippen LogP contribution in [0.25, 0.3) is 11.1 Å². The van der Waals surface area contributed by atoms with Crippen LogP contribution in [0.15, 0.2) is 60.8 Å². The van der Waals surface area contributed by atoms with Gasteiger partial charge in [-0.05, 0) is 52.3 Å². The first-order valence-electron chi connectivity index (χ1n) is 10.3. The standard InChI is InChI=1S/C26H29NO4/c1-26(2,3)23-15-19(8-11-22(23)20-10-12-24(30-4)27-16-20)17-31-21-7-5-6-18(14-21)9-13-25(28)29/h5-8,10-12,14-16H,9,13,17H2,1-4H3,(H,28,29). The Hall–Kier alpha value is -3.34. The van der Waals surface area contributed by atoms with Crippen LogP contribution in [0.2, 0.25) is 0 Å². The van der Waals surface area contributed by atoms with Crippen LogP contribution in [0, 0.1) is 0 Å². The summed E-state index contributed by atoms with van der Waals surface area (Å²) in [6.45, 7) is 7.02. The Morgan fingerprint density at radius 3 is 2.48 bits per heavy atom. The fourth-order valence-electron chi connectivity index (χ4n) is 3.42. The number of carboxylic acids is 1. The van der Waals surface area contributed by atoms with E-state index in [0.29, 0.717) is 18.9 Å². The van der Waals surface area contributed by atoms with E-state index in [9.17, 15) is 4.79 Å². The topological polar surface area (TPSA) is 68.7 Å². The number of carbonyl (C=O) groups is 1. The SMILES string of the molecule is COc1ccc(-c2ccc(COc3cccc(CCC(=O)O)c3)cc2C(C)(C)C)cn1. The Morgan fingerprint density at radius 2 is 1.84 bits per heavy atom. The maximum absolute atomic E-state index is 10.8. The highest BCUT2D eigenvalue weighted by Gasteiger charge is 2.20. The lowest BCUT2D eigenvalue weighted by Gasteiger charge is -2.24. The van der Waals surface area contributed by atoms with Crippen molar-refractivity contribution in [1.29, 1.82) is 0 Å². The van der Waals surface area contributed by atoms with Crippen LogP contribution < -0.4 is 9.47 Å². The molecule has 0 fully saturated rings. The van der Waals surface area contributed by atoms with E-state index in [4.69, 9.17) is 14.6 Å². The quantitative estimate of drug-likeness (QED) is 0.511. The van der Waals surface area contributed by atoms with Gasteiger partial charge in [0.2, 0.25) is 5.88 Å². The van der Waals surface area contributed by atoms with E-state index < -0.39 is 5.97 Å². The molecule has 3 aromatic rings. The Labute approximate surface area is 183 Å². The number of nitrogens with zero attached hydrogens (tertiary/aromatic N) is 1. The second-order valence-corrected chi connectivity index (χ2v) is 8.55. The van der Waals surface area contributed by atoms with Gasteiger partial charge >= 0.3 is 5.97 Å². The molecule has 1 heterocycles. The molecule has 1 aromatic heterocycles. The van der Waals surface area contributed by atoms with Crippen LogP contribution in [0.3, 0.4) is 0 Å². The summed E-state index contributed by atoms with van der Waals surface area (Å²) < 4.78 is 11.2. The average Bonchev–Trinajstić information content (AvgIpc) is 2.76. The Balaban J connectivity index is 1.80. The number of rotatable bonds is 8. The van der Waals surface area contributed by atoms with Crippen LogP contribution in [-0.4, -0.2) is 23.2 Å². The van der Waals surface area contributed by atoms with Crippen LogP contribution in [0.4, 0.5) is 0 Å².